The molecule has 1 unspecified atom stereocenters. The van der Waals surface area contributed by atoms with E-state index in [0.717, 1.165) is 24.2 Å². The number of hydrogen-bond donors (Lipinski definition) is 1. The zero-order valence-corrected chi connectivity index (χ0v) is 9.40. The molecule has 0 aromatic heterocycles. The van der Waals surface area contributed by atoms with Crippen LogP contribution in [0.1, 0.15) is 24.5 Å². The van der Waals surface area contributed by atoms with Gasteiger partial charge in [0, 0.05) is 5.56 Å². The lowest BCUT2D eigenvalue weighted by Gasteiger charge is -2.25. The molecule has 0 aliphatic carbocycles. The van der Waals surface area contributed by atoms with Gasteiger partial charge in [0.1, 0.15) is 11.5 Å². The van der Waals surface area contributed by atoms with Crippen LogP contribution in [0.4, 0.5) is 0 Å². The molecule has 0 radical (unpaired) electrons. The van der Waals surface area contributed by atoms with Gasteiger partial charge in [-0.2, -0.15) is 0 Å². The molecular formula is C13H16O3. The predicted octanol–water partition coefficient (Wildman–Crippen LogP) is 2.81. The standard InChI is InChI=1S/C13H16O3/c1-9-5-6-16-13(7-9)11-8-10(15-2)3-4-12(11)14/h3-4,8,13-14H,1,5-7H2,2H3. The molecule has 1 aromatic carbocycles. The molecule has 2 rings (SSSR count). The van der Waals surface area contributed by atoms with E-state index in [0.29, 0.717) is 6.61 Å². The van der Waals surface area contributed by atoms with Crippen molar-refractivity contribution < 1.29 is 14.6 Å². The average molecular weight is 220 g/mol. The van der Waals surface area contributed by atoms with Gasteiger partial charge in [0.25, 0.3) is 0 Å². The summed E-state index contributed by atoms with van der Waals surface area (Å²) in [5.74, 6) is 0.980. The second kappa shape index (κ2) is 4.58. The van der Waals surface area contributed by atoms with Crippen molar-refractivity contribution in [2.75, 3.05) is 13.7 Å². The topological polar surface area (TPSA) is 38.7 Å². The first-order chi connectivity index (χ1) is 7.70. The highest BCUT2D eigenvalue weighted by Crippen LogP contribution is 2.36. The molecule has 1 aliphatic rings. The highest BCUT2D eigenvalue weighted by Gasteiger charge is 2.21. The Morgan fingerprint density at radius 2 is 2.31 bits per heavy atom. The van der Waals surface area contributed by atoms with E-state index in [1.54, 1.807) is 19.2 Å². The summed E-state index contributed by atoms with van der Waals surface area (Å²) in [6, 6.07) is 5.18. The van der Waals surface area contributed by atoms with Gasteiger partial charge in [-0.1, -0.05) is 12.2 Å². The largest absolute Gasteiger partial charge is 0.508 e. The van der Waals surface area contributed by atoms with Crippen molar-refractivity contribution in [3.8, 4) is 11.5 Å². The van der Waals surface area contributed by atoms with Gasteiger partial charge < -0.3 is 14.6 Å². The highest BCUT2D eigenvalue weighted by molar-refractivity contribution is 5.41. The summed E-state index contributed by atoms with van der Waals surface area (Å²) in [6.07, 6.45) is 1.57. The normalized spacial score (nSPS) is 20.8. The number of phenolic OH excluding ortho intramolecular Hbond substituents is 1. The minimum atomic E-state index is -0.101. The highest BCUT2D eigenvalue weighted by atomic mass is 16.5. The molecule has 3 nitrogen and oxygen atoms in total. The van der Waals surface area contributed by atoms with Gasteiger partial charge in [-0.25, -0.2) is 0 Å². The molecule has 1 fully saturated rings. The first-order valence-corrected chi connectivity index (χ1v) is 5.36. The van der Waals surface area contributed by atoms with E-state index in [-0.39, 0.29) is 11.9 Å². The van der Waals surface area contributed by atoms with Crippen molar-refractivity contribution in [3.63, 3.8) is 0 Å². The van der Waals surface area contributed by atoms with Gasteiger partial charge in [-0.3, -0.25) is 0 Å². The Kier molecular flexibility index (Phi) is 3.15. The van der Waals surface area contributed by atoms with Crippen LogP contribution in [0.5, 0.6) is 11.5 Å². The Morgan fingerprint density at radius 1 is 1.50 bits per heavy atom. The minimum absolute atomic E-state index is 0.101. The Bertz CT molecular complexity index is 398. The van der Waals surface area contributed by atoms with Crippen LogP contribution < -0.4 is 4.74 Å². The minimum Gasteiger partial charge on any atom is -0.508 e. The van der Waals surface area contributed by atoms with Crippen LogP contribution in [0, 0.1) is 0 Å². The number of benzene rings is 1. The van der Waals surface area contributed by atoms with Crippen LogP contribution in [0.2, 0.25) is 0 Å². The fraction of sp³-hybridized carbons (Fsp3) is 0.385. The molecule has 16 heavy (non-hydrogen) atoms. The predicted molar refractivity (Wildman–Crippen MR) is 61.7 cm³/mol. The van der Waals surface area contributed by atoms with E-state index in [2.05, 4.69) is 6.58 Å². The number of aromatic hydroxyl groups is 1. The molecule has 1 atom stereocenters. The van der Waals surface area contributed by atoms with Crippen LogP contribution in [-0.2, 0) is 4.74 Å². The first-order valence-electron chi connectivity index (χ1n) is 5.36. The Morgan fingerprint density at radius 3 is 3.00 bits per heavy atom. The lowest BCUT2D eigenvalue weighted by atomic mass is 9.97. The van der Waals surface area contributed by atoms with Crippen LogP contribution in [0.15, 0.2) is 30.4 Å². The Hall–Kier alpha value is -1.48. The Labute approximate surface area is 95.3 Å². The summed E-state index contributed by atoms with van der Waals surface area (Å²) < 4.78 is 10.8. The maximum absolute atomic E-state index is 9.80. The lowest BCUT2D eigenvalue weighted by Crippen LogP contribution is -2.13. The summed E-state index contributed by atoms with van der Waals surface area (Å²) in [4.78, 5) is 0. The van der Waals surface area contributed by atoms with E-state index in [9.17, 15) is 5.11 Å². The van der Waals surface area contributed by atoms with E-state index < -0.39 is 0 Å². The maximum atomic E-state index is 9.80. The summed E-state index contributed by atoms with van der Waals surface area (Å²) in [5.41, 5.74) is 1.94. The summed E-state index contributed by atoms with van der Waals surface area (Å²) in [6.45, 7) is 4.64. The van der Waals surface area contributed by atoms with Crippen molar-refractivity contribution in [2.45, 2.75) is 18.9 Å². The molecule has 0 bridgehead atoms. The zero-order chi connectivity index (χ0) is 11.5. The molecule has 1 saturated heterocycles. The van der Waals surface area contributed by atoms with E-state index in [1.165, 1.54) is 5.57 Å². The van der Waals surface area contributed by atoms with E-state index >= 15 is 0 Å². The fourth-order valence-electron chi connectivity index (χ4n) is 1.89. The molecular weight excluding hydrogens is 204 g/mol. The molecule has 1 N–H and O–H groups in total. The third-order valence-electron chi connectivity index (χ3n) is 2.83. The molecule has 0 amide bonds. The lowest BCUT2D eigenvalue weighted by molar-refractivity contribution is 0.0336. The van der Waals surface area contributed by atoms with Gasteiger partial charge >= 0.3 is 0 Å². The quantitative estimate of drug-likeness (QED) is 0.779. The second-order valence-corrected chi connectivity index (χ2v) is 3.99. The number of ether oxygens (including phenoxy) is 2. The van der Waals surface area contributed by atoms with Gasteiger partial charge in [0.05, 0.1) is 19.8 Å². The average Bonchev–Trinajstić information content (AvgIpc) is 2.30. The fourth-order valence-corrected chi connectivity index (χ4v) is 1.89. The van der Waals surface area contributed by atoms with E-state index in [1.807, 2.05) is 6.07 Å². The third-order valence-corrected chi connectivity index (χ3v) is 2.83. The third kappa shape index (κ3) is 2.19. The van der Waals surface area contributed by atoms with Crippen LogP contribution in [-0.4, -0.2) is 18.8 Å². The zero-order valence-electron chi connectivity index (χ0n) is 9.40. The van der Waals surface area contributed by atoms with Crippen molar-refractivity contribution in [2.24, 2.45) is 0 Å². The van der Waals surface area contributed by atoms with E-state index in [4.69, 9.17) is 9.47 Å². The summed E-state index contributed by atoms with van der Waals surface area (Å²) in [7, 11) is 1.61. The number of rotatable bonds is 2. The summed E-state index contributed by atoms with van der Waals surface area (Å²) >= 11 is 0. The molecule has 1 aliphatic heterocycles. The monoisotopic (exact) mass is 220 g/mol. The van der Waals surface area contributed by atoms with Gasteiger partial charge in [-0.05, 0) is 31.0 Å². The second-order valence-electron chi connectivity index (χ2n) is 3.99. The van der Waals surface area contributed by atoms with Crippen molar-refractivity contribution >= 4 is 0 Å². The van der Waals surface area contributed by atoms with Gasteiger partial charge in [0.2, 0.25) is 0 Å². The molecule has 3 heteroatoms. The van der Waals surface area contributed by atoms with Crippen molar-refractivity contribution in [1.82, 2.24) is 0 Å². The molecule has 86 valence electrons. The van der Waals surface area contributed by atoms with Gasteiger partial charge in [0.15, 0.2) is 0 Å². The van der Waals surface area contributed by atoms with Gasteiger partial charge in [-0.15, -0.1) is 0 Å². The molecule has 0 spiro atoms. The SMILES string of the molecule is C=C1CCOC(c2cc(OC)ccc2O)C1. The number of phenols is 1. The molecule has 1 heterocycles. The maximum Gasteiger partial charge on any atom is 0.121 e. The number of hydrogen-bond acceptors (Lipinski definition) is 3. The molecule has 0 saturated carbocycles. The van der Waals surface area contributed by atoms with Crippen molar-refractivity contribution in [1.29, 1.82) is 0 Å². The smallest absolute Gasteiger partial charge is 0.121 e. The van der Waals surface area contributed by atoms with Crippen LogP contribution in [0.25, 0.3) is 0 Å². The van der Waals surface area contributed by atoms with Crippen LogP contribution in [0.3, 0.4) is 0 Å². The number of methoxy groups -OCH3 is 1. The Balaban J connectivity index is 2.27. The summed E-state index contributed by atoms with van der Waals surface area (Å²) in [5, 5.41) is 9.80. The van der Waals surface area contributed by atoms with Crippen LogP contribution >= 0.6 is 0 Å². The first kappa shape index (κ1) is 11.0. The molecule has 1 aromatic rings. The van der Waals surface area contributed by atoms with Crippen molar-refractivity contribution in [3.05, 3.63) is 35.9 Å².